The number of phenolic OH excluding ortho intramolecular Hbond substituents is 1. The molecule has 0 bridgehead atoms. The van der Waals surface area contributed by atoms with E-state index in [4.69, 9.17) is 16.2 Å². The molecule has 0 fully saturated rings. The third kappa shape index (κ3) is 2.42. The molecule has 0 atom stereocenters. The van der Waals surface area contributed by atoms with Crippen LogP contribution >= 0.6 is 0 Å². The largest absolute Gasteiger partial charge is 0.508 e. The van der Waals surface area contributed by atoms with Gasteiger partial charge in [-0.15, -0.1) is 0 Å². The number of phenols is 1. The van der Waals surface area contributed by atoms with E-state index >= 15 is 0 Å². The lowest BCUT2D eigenvalue weighted by molar-refractivity contribution is 0.0761. The van der Waals surface area contributed by atoms with Crippen molar-refractivity contribution >= 4 is 5.84 Å². The molecule has 1 aromatic carbocycles. The summed E-state index contributed by atoms with van der Waals surface area (Å²) < 4.78 is 25.9. The van der Waals surface area contributed by atoms with Gasteiger partial charge in [-0.1, -0.05) is 12.1 Å². The average Bonchev–Trinajstić information content (AvgIpc) is 2.02. The van der Waals surface area contributed by atoms with Crippen molar-refractivity contribution in [2.75, 3.05) is 0 Å². The van der Waals surface area contributed by atoms with E-state index in [-0.39, 0.29) is 11.3 Å². The summed E-state index contributed by atoms with van der Waals surface area (Å²) in [7, 11) is 0. The van der Waals surface area contributed by atoms with Gasteiger partial charge in [-0.05, 0) is 17.7 Å². The van der Waals surface area contributed by atoms with Crippen LogP contribution in [0.5, 0.6) is 5.75 Å². The number of nitrogens with two attached hydrogens (primary N) is 1. The van der Waals surface area contributed by atoms with E-state index < -0.39 is 18.2 Å². The van der Waals surface area contributed by atoms with Gasteiger partial charge in [-0.2, -0.15) is 8.78 Å². The number of benzene rings is 1. The minimum Gasteiger partial charge on any atom is -0.508 e. The average molecular weight is 200 g/mol. The molecule has 14 heavy (non-hydrogen) atoms. The number of hydrogen-bond acceptors (Lipinski definition) is 2. The number of halogens is 2. The molecule has 1 aromatic rings. The lowest BCUT2D eigenvalue weighted by Gasteiger charge is -2.14. The van der Waals surface area contributed by atoms with Crippen LogP contribution < -0.4 is 5.73 Å². The maximum absolute atomic E-state index is 12.9. The standard InChI is InChI=1S/C9H10F2N2O/c10-9(11,8(12)13)5-6-2-1-3-7(14)4-6/h1-4,14H,5H2,(H3,12,13). The monoisotopic (exact) mass is 200 g/mol. The summed E-state index contributed by atoms with van der Waals surface area (Å²) in [5.74, 6) is -4.60. The van der Waals surface area contributed by atoms with Crippen molar-refractivity contribution in [3.8, 4) is 5.75 Å². The molecule has 0 aromatic heterocycles. The minimum absolute atomic E-state index is 0.0816. The van der Waals surface area contributed by atoms with E-state index in [0.29, 0.717) is 0 Å². The smallest absolute Gasteiger partial charge is 0.307 e. The van der Waals surface area contributed by atoms with Crippen molar-refractivity contribution in [2.24, 2.45) is 5.73 Å². The molecule has 0 amide bonds. The third-order valence-corrected chi connectivity index (χ3v) is 1.73. The van der Waals surface area contributed by atoms with Crippen LogP contribution in [-0.4, -0.2) is 16.9 Å². The van der Waals surface area contributed by atoms with Crippen LogP contribution in [0.2, 0.25) is 0 Å². The summed E-state index contributed by atoms with van der Waals surface area (Å²) in [5.41, 5.74) is 4.97. The SMILES string of the molecule is N=C(N)C(F)(F)Cc1cccc(O)c1. The van der Waals surface area contributed by atoms with Crippen molar-refractivity contribution in [1.82, 2.24) is 0 Å². The number of amidine groups is 1. The van der Waals surface area contributed by atoms with Crippen LogP contribution in [0.4, 0.5) is 8.78 Å². The first-order chi connectivity index (χ1) is 6.42. The highest BCUT2D eigenvalue weighted by Crippen LogP contribution is 2.21. The van der Waals surface area contributed by atoms with Gasteiger partial charge in [-0.3, -0.25) is 5.41 Å². The van der Waals surface area contributed by atoms with Gasteiger partial charge in [0, 0.05) is 6.42 Å². The topological polar surface area (TPSA) is 70.1 Å². The molecule has 3 nitrogen and oxygen atoms in total. The van der Waals surface area contributed by atoms with Gasteiger partial charge in [0.1, 0.15) is 5.75 Å². The number of rotatable bonds is 3. The Morgan fingerprint density at radius 1 is 1.50 bits per heavy atom. The molecule has 0 unspecified atom stereocenters. The van der Waals surface area contributed by atoms with Crippen LogP contribution in [-0.2, 0) is 6.42 Å². The molecular weight excluding hydrogens is 190 g/mol. The fraction of sp³-hybridized carbons (Fsp3) is 0.222. The van der Waals surface area contributed by atoms with Gasteiger partial charge >= 0.3 is 5.92 Å². The number of nitrogens with one attached hydrogen (secondary N) is 1. The van der Waals surface area contributed by atoms with Crippen molar-refractivity contribution in [3.05, 3.63) is 29.8 Å². The molecule has 0 radical (unpaired) electrons. The molecule has 0 aliphatic heterocycles. The van der Waals surface area contributed by atoms with E-state index in [1.165, 1.54) is 24.3 Å². The van der Waals surface area contributed by atoms with E-state index in [1.807, 2.05) is 0 Å². The summed E-state index contributed by atoms with van der Waals surface area (Å²) >= 11 is 0. The Morgan fingerprint density at radius 3 is 2.64 bits per heavy atom. The van der Waals surface area contributed by atoms with E-state index in [0.717, 1.165) is 0 Å². The van der Waals surface area contributed by atoms with Gasteiger partial charge < -0.3 is 10.8 Å². The van der Waals surface area contributed by atoms with Gasteiger partial charge in [0.25, 0.3) is 0 Å². The number of alkyl halides is 2. The third-order valence-electron chi connectivity index (χ3n) is 1.73. The Kier molecular flexibility index (Phi) is 2.69. The first-order valence-corrected chi connectivity index (χ1v) is 3.92. The van der Waals surface area contributed by atoms with Crippen molar-refractivity contribution < 1.29 is 13.9 Å². The Labute approximate surface area is 79.7 Å². The summed E-state index contributed by atoms with van der Waals surface area (Å²) in [6.45, 7) is 0. The molecule has 0 aliphatic carbocycles. The highest BCUT2D eigenvalue weighted by atomic mass is 19.3. The Hall–Kier alpha value is -1.65. The summed E-state index contributed by atoms with van der Waals surface area (Å²) in [4.78, 5) is 0. The van der Waals surface area contributed by atoms with E-state index in [1.54, 1.807) is 0 Å². The van der Waals surface area contributed by atoms with Crippen LogP contribution in [0, 0.1) is 5.41 Å². The highest BCUT2D eigenvalue weighted by molar-refractivity contribution is 5.84. The van der Waals surface area contributed by atoms with Crippen LogP contribution in [0.1, 0.15) is 5.56 Å². The first kappa shape index (κ1) is 10.4. The predicted molar refractivity (Wildman–Crippen MR) is 48.7 cm³/mol. The Morgan fingerprint density at radius 2 is 2.14 bits per heavy atom. The summed E-state index contributed by atoms with van der Waals surface area (Å²) in [6.07, 6.45) is -0.670. The van der Waals surface area contributed by atoms with Gasteiger partial charge in [-0.25, -0.2) is 0 Å². The molecular formula is C9H10F2N2O. The first-order valence-electron chi connectivity index (χ1n) is 3.92. The van der Waals surface area contributed by atoms with Crippen LogP contribution in [0.15, 0.2) is 24.3 Å². The number of aromatic hydroxyl groups is 1. The van der Waals surface area contributed by atoms with Crippen molar-refractivity contribution in [3.63, 3.8) is 0 Å². The fourth-order valence-electron chi connectivity index (χ4n) is 1.02. The van der Waals surface area contributed by atoms with Crippen molar-refractivity contribution in [2.45, 2.75) is 12.3 Å². The summed E-state index contributed by atoms with van der Waals surface area (Å²) in [5, 5.41) is 15.7. The molecule has 4 N–H and O–H groups in total. The second-order valence-corrected chi connectivity index (χ2v) is 2.96. The zero-order chi connectivity index (χ0) is 10.8. The molecule has 0 spiro atoms. The van der Waals surface area contributed by atoms with Gasteiger partial charge in [0.15, 0.2) is 5.84 Å². The van der Waals surface area contributed by atoms with Gasteiger partial charge in [0.2, 0.25) is 0 Å². The molecule has 0 saturated heterocycles. The molecule has 0 heterocycles. The predicted octanol–water partition coefficient (Wildman–Crippen LogP) is 1.51. The van der Waals surface area contributed by atoms with Crippen LogP contribution in [0.25, 0.3) is 0 Å². The number of hydrogen-bond donors (Lipinski definition) is 3. The Bertz CT molecular complexity index is 352. The minimum atomic E-state index is -3.35. The van der Waals surface area contributed by atoms with Crippen LogP contribution in [0.3, 0.4) is 0 Å². The highest BCUT2D eigenvalue weighted by Gasteiger charge is 2.33. The molecule has 0 saturated carbocycles. The molecule has 5 heteroatoms. The second kappa shape index (κ2) is 3.61. The second-order valence-electron chi connectivity index (χ2n) is 2.96. The fourth-order valence-corrected chi connectivity index (χ4v) is 1.02. The van der Waals surface area contributed by atoms with E-state index in [2.05, 4.69) is 0 Å². The summed E-state index contributed by atoms with van der Waals surface area (Å²) in [6, 6.07) is 5.50. The Balaban J connectivity index is 2.83. The van der Waals surface area contributed by atoms with Gasteiger partial charge in [0.05, 0.1) is 0 Å². The maximum atomic E-state index is 12.9. The molecule has 1 rings (SSSR count). The lowest BCUT2D eigenvalue weighted by atomic mass is 10.1. The van der Waals surface area contributed by atoms with Crippen molar-refractivity contribution in [1.29, 1.82) is 5.41 Å². The zero-order valence-corrected chi connectivity index (χ0v) is 7.30. The van der Waals surface area contributed by atoms with E-state index in [9.17, 15) is 8.78 Å². The quantitative estimate of drug-likeness (QED) is 0.511. The zero-order valence-electron chi connectivity index (χ0n) is 7.30. The molecule has 0 aliphatic rings. The molecule has 76 valence electrons. The lowest BCUT2D eigenvalue weighted by Crippen LogP contribution is -2.36. The normalized spacial score (nSPS) is 11.3. The maximum Gasteiger partial charge on any atom is 0.307 e.